The van der Waals surface area contributed by atoms with Crippen LogP contribution in [-0.2, 0) is 4.74 Å². The molecule has 0 saturated heterocycles. The molecule has 2 aromatic carbocycles. The van der Waals surface area contributed by atoms with E-state index in [0.29, 0.717) is 22.2 Å². The monoisotopic (exact) mass is 393 g/mol. The van der Waals surface area contributed by atoms with E-state index in [1.807, 2.05) is 37.3 Å². The van der Waals surface area contributed by atoms with Crippen molar-refractivity contribution in [2.24, 2.45) is 5.10 Å². The molecule has 0 saturated carbocycles. The molecule has 6 nitrogen and oxygen atoms in total. The van der Waals surface area contributed by atoms with E-state index >= 15 is 0 Å². The number of hydrazone groups is 1. The van der Waals surface area contributed by atoms with E-state index in [4.69, 9.17) is 16.6 Å². The molecule has 7 heteroatoms. The van der Waals surface area contributed by atoms with Gasteiger partial charge in [-0.05, 0) is 55.5 Å². The Bertz CT molecular complexity index is 992. The number of nitrogens with one attached hydrogen (secondary N) is 2. The van der Waals surface area contributed by atoms with Gasteiger partial charge in [-0.3, -0.25) is 5.43 Å². The van der Waals surface area contributed by atoms with Gasteiger partial charge in [-0.1, -0.05) is 29.8 Å². The fourth-order valence-corrected chi connectivity index (χ4v) is 2.59. The number of benzene rings is 2. The average Bonchev–Trinajstić information content (AvgIpc) is 3.18. The number of nitrogens with zero attached hydrogens (tertiary/aromatic N) is 1. The number of thiocarbonyl (C=S) groups is 1. The summed E-state index contributed by atoms with van der Waals surface area (Å²) in [6.07, 6.45) is 1.54. The van der Waals surface area contributed by atoms with Gasteiger partial charge >= 0.3 is 5.97 Å². The summed E-state index contributed by atoms with van der Waals surface area (Å²) in [6.45, 7) is 2.02. The normalized spacial score (nSPS) is 10.6. The van der Waals surface area contributed by atoms with Gasteiger partial charge in [0.25, 0.3) is 0 Å². The third-order valence-electron chi connectivity index (χ3n) is 3.88. The Hall–Kier alpha value is -3.45. The second kappa shape index (κ2) is 8.96. The summed E-state index contributed by atoms with van der Waals surface area (Å²) in [6, 6.07) is 18.5. The molecule has 0 aliphatic rings. The minimum atomic E-state index is -0.375. The Kier molecular flexibility index (Phi) is 6.18. The van der Waals surface area contributed by atoms with Crippen LogP contribution in [-0.4, -0.2) is 24.4 Å². The van der Waals surface area contributed by atoms with Crippen LogP contribution in [0.3, 0.4) is 0 Å². The van der Waals surface area contributed by atoms with Gasteiger partial charge in [-0.15, -0.1) is 0 Å². The number of hydrogen-bond donors (Lipinski definition) is 2. The van der Waals surface area contributed by atoms with Crippen LogP contribution in [0, 0.1) is 6.92 Å². The number of hydrogen-bond acceptors (Lipinski definition) is 5. The highest BCUT2D eigenvalue weighted by Gasteiger charge is 2.07. The van der Waals surface area contributed by atoms with Crippen molar-refractivity contribution in [3.05, 3.63) is 77.6 Å². The smallest absolute Gasteiger partial charge is 0.337 e. The molecule has 28 heavy (non-hydrogen) atoms. The summed E-state index contributed by atoms with van der Waals surface area (Å²) in [5.74, 6) is 0.857. The molecule has 0 atom stereocenters. The molecule has 142 valence electrons. The van der Waals surface area contributed by atoms with Gasteiger partial charge in [0.05, 0.1) is 18.9 Å². The molecule has 0 aliphatic carbocycles. The lowest BCUT2D eigenvalue weighted by Crippen LogP contribution is -2.23. The first-order valence-corrected chi connectivity index (χ1v) is 8.91. The third kappa shape index (κ3) is 5.05. The van der Waals surface area contributed by atoms with Gasteiger partial charge in [0, 0.05) is 11.3 Å². The number of rotatable bonds is 5. The highest BCUT2D eigenvalue weighted by atomic mass is 32.1. The van der Waals surface area contributed by atoms with Crippen molar-refractivity contribution >= 4 is 35.2 Å². The van der Waals surface area contributed by atoms with Crippen molar-refractivity contribution in [1.29, 1.82) is 0 Å². The van der Waals surface area contributed by atoms with E-state index in [0.717, 1.165) is 11.3 Å². The minimum absolute atomic E-state index is 0.375. The summed E-state index contributed by atoms with van der Waals surface area (Å²) >= 11 is 5.20. The van der Waals surface area contributed by atoms with Crippen molar-refractivity contribution in [1.82, 2.24) is 5.43 Å². The molecule has 2 N–H and O–H groups in total. The van der Waals surface area contributed by atoms with E-state index in [2.05, 4.69) is 20.6 Å². The average molecular weight is 393 g/mol. The molecule has 3 aromatic rings. The number of anilines is 1. The number of esters is 1. The summed E-state index contributed by atoms with van der Waals surface area (Å²) in [7, 11) is 1.35. The van der Waals surface area contributed by atoms with Gasteiger partial charge in [0.2, 0.25) is 0 Å². The van der Waals surface area contributed by atoms with E-state index in [-0.39, 0.29) is 5.97 Å². The standard InChI is InChI=1S/C21H19N3O3S/c1-14-3-9-17(10-4-14)23-21(28)24-22-13-18-11-12-19(27-18)15-5-7-16(8-6-15)20(25)26-2/h3-13H,1-2H3,(H2,23,24,28)/b22-13+. The molecule has 0 spiro atoms. The number of aryl methyl sites for hydroxylation is 1. The van der Waals surface area contributed by atoms with Crippen molar-refractivity contribution in [2.45, 2.75) is 6.92 Å². The maximum atomic E-state index is 11.5. The number of furan rings is 1. The van der Waals surface area contributed by atoms with Crippen molar-refractivity contribution in [2.75, 3.05) is 12.4 Å². The van der Waals surface area contributed by atoms with Crippen molar-refractivity contribution in [3.8, 4) is 11.3 Å². The van der Waals surface area contributed by atoms with Crippen LogP contribution < -0.4 is 10.7 Å². The predicted octanol–water partition coefficient (Wildman–Crippen LogP) is 4.36. The zero-order valence-corrected chi connectivity index (χ0v) is 16.2. The first-order valence-electron chi connectivity index (χ1n) is 8.50. The van der Waals surface area contributed by atoms with Gasteiger partial charge in [0.1, 0.15) is 11.5 Å². The lowest BCUT2D eigenvalue weighted by atomic mass is 10.1. The van der Waals surface area contributed by atoms with Gasteiger partial charge in [-0.25, -0.2) is 4.79 Å². The number of methoxy groups -OCH3 is 1. The Balaban J connectivity index is 1.57. The summed E-state index contributed by atoms with van der Waals surface area (Å²) in [5.41, 5.74) is 6.14. The molecule has 0 radical (unpaired) electrons. The summed E-state index contributed by atoms with van der Waals surface area (Å²) in [5, 5.41) is 7.50. The number of carbonyl (C=O) groups excluding carboxylic acids is 1. The predicted molar refractivity (Wildman–Crippen MR) is 114 cm³/mol. The maximum absolute atomic E-state index is 11.5. The Morgan fingerprint density at radius 3 is 2.46 bits per heavy atom. The van der Waals surface area contributed by atoms with Gasteiger partial charge < -0.3 is 14.5 Å². The number of ether oxygens (including phenoxy) is 1. The lowest BCUT2D eigenvalue weighted by Gasteiger charge is -2.06. The molecule has 0 aliphatic heterocycles. The SMILES string of the molecule is COC(=O)c1ccc(-c2ccc(/C=N/NC(=S)Nc3ccc(C)cc3)o2)cc1. The zero-order valence-electron chi connectivity index (χ0n) is 15.4. The largest absolute Gasteiger partial charge is 0.465 e. The highest BCUT2D eigenvalue weighted by Crippen LogP contribution is 2.22. The molecule has 1 heterocycles. The van der Waals surface area contributed by atoms with Crippen LogP contribution in [0.15, 0.2) is 70.2 Å². The molecule has 0 unspecified atom stereocenters. The van der Waals surface area contributed by atoms with Crippen molar-refractivity contribution < 1.29 is 13.9 Å². The lowest BCUT2D eigenvalue weighted by molar-refractivity contribution is 0.0600. The Morgan fingerprint density at radius 2 is 1.79 bits per heavy atom. The molecule has 0 fully saturated rings. The van der Waals surface area contributed by atoms with Crippen LogP contribution >= 0.6 is 12.2 Å². The molecule has 1 aromatic heterocycles. The Morgan fingerprint density at radius 1 is 1.07 bits per heavy atom. The van der Waals surface area contributed by atoms with Gasteiger partial charge in [0.15, 0.2) is 5.11 Å². The summed E-state index contributed by atoms with van der Waals surface area (Å²) < 4.78 is 10.4. The van der Waals surface area contributed by atoms with Crippen LogP contribution in [0.5, 0.6) is 0 Å². The van der Waals surface area contributed by atoms with Crippen LogP contribution in [0.2, 0.25) is 0 Å². The molecule has 3 rings (SSSR count). The van der Waals surface area contributed by atoms with Crippen LogP contribution in [0.4, 0.5) is 5.69 Å². The first-order chi connectivity index (χ1) is 13.5. The summed E-state index contributed by atoms with van der Waals surface area (Å²) in [4.78, 5) is 11.5. The zero-order chi connectivity index (χ0) is 19.9. The van der Waals surface area contributed by atoms with E-state index in [1.165, 1.54) is 18.9 Å². The molecular weight excluding hydrogens is 374 g/mol. The maximum Gasteiger partial charge on any atom is 0.337 e. The fourth-order valence-electron chi connectivity index (χ4n) is 2.42. The molecule has 0 bridgehead atoms. The fraction of sp³-hybridized carbons (Fsp3) is 0.0952. The van der Waals surface area contributed by atoms with E-state index < -0.39 is 0 Å². The first kappa shape index (κ1) is 19.3. The third-order valence-corrected chi connectivity index (χ3v) is 4.08. The second-order valence-electron chi connectivity index (χ2n) is 5.96. The van der Waals surface area contributed by atoms with Gasteiger partial charge in [-0.2, -0.15) is 5.10 Å². The second-order valence-corrected chi connectivity index (χ2v) is 6.37. The highest BCUT2D eigenvalue weighted by molar-refractivity contribution is 7.80. The Labute approximate surface area is 168 Å². The quantitative estimate of drug-likeness (QED) is 0.290. The molecule has 0 amide bonds. The van der Waals surface area contributed by atoms with Crippen LogP contribution in [0.25, 0.3) is 11.3 Å². The minimum Gasteiger partial charge on any atom is -0.465 e. The van der Waals surface area contributed by atoms with Crippen LogP contribution in [0.1, 0.15) is 21.7 Å². The number of carbonyl (C=O) groups is 1. The van der Waals surface area contributed by atoms with E-state index in [9.17, 15) is 4.79 Å². The molecular formula is C21H19N3O3S. The topological polar surface area (TPSA) is 75.9 Å². The van der Waals surface area contributed by atoms with E-state index in [1.54, 1.807) is 30.3 Å². The van der Waals surface area contributed by atoms with Crippen molar-refractivity contribution in [3.63, 3.8) is 0 Å².